The fourth-order valence-corrected chi connectivity index (χ4v) is 4.67. The van der Waals surface area contributed by atoms with Gasteiger partial charge in [-0.2, -0.15) is 0 Å². The van der Waals surface area contributed by atoms with Crippen molar-refractivity contribution < 1.29 is 4.79 Å². The van der Waals surface area contributed by atoms with Crippen molar-refractivity contribution >= 4 is 6.03 Å². The van der Waals surface area contributed by atoms with E-state index in [1.807, 2.05) is 4.90 Å². The van der Waals surface area contributed by atoms with Gasteiger partial charge in [-0.3, -0.25) is 9.80 Å². The molecule has 1 N–H and O–H groups in total. The smallest absolute Gasteiger partial charge is 0.317 e. The Morgan fingerprint density at radius 2 is 1.92 bits per heavy atom. The van der Waals surface area contributed by atoms with Gasteiger partial charge in [-0.25, -0.2) is 4.79 Å². The molecule has 2 atom stereocenters. The van der Waals surface area contributed by atoms with Crippen molar-refractivity contribution in [2.75, 3.05) is 39.8 Å². The first kappa shape index (κ1) is 16.9. The van der Waals surface area contributed by atoms with Gasteiger partial charge in [0.1, 0.15) is 0 Å². The van der Waals surface area contributed by atoms with Crippen molar-refractivity contribution in [1.82, 2.24) is 20.0 Å². The summed E-state index contributed by atoms with van der Waals surface area (Å²) in [5, 5.41) is 3.15. The lowest BCUT2D eigenvalue weighted by Gasteiger charge is -2.29. The van der Waals surface area contributed by atoms with Crippen LogP contribution in [0, 0.1) is 0 Å². The maximum absolute atomic E-state index is 12.6. The van der Waals surface area contributed by atoms with Gasteiger partial charge < -0.3 is 10.2 Å². The normalized spacial score (nSPS) is 27.0. The van der Waals surface area contributed by atoms with Gasteiger partial charge in [0.15, 0.2) is 0 Å². The van der Waals surface area contributed by atoms with Gasteiger partial charge in [0, 0.05) is 51.4 Å². The maximum atomic E-state index is 12.6. The van der Waals surface area contributed by atoms with Gasteiger partial charge in [0.05, 0.1) is 0 Å². The molecule has 4 rings (SSSR count). The lowest BCUT2D eigenvalue weighted by atomic mass is 10.00. The second-order valence-electron chi connectivity index (χ2n) is 7.81. The van der Waals surface area contributed by atoms with Crippen LogP contribution in [0.2, 0.25) is 0 Å². The molecule has 0 saturated carbocycles. The Labute approximate surface area is 151 Å². The highest BCUT2D eigenvalue weighted by Crippen LogP contribution is 2.28. The number of amides is 2. The molecule has 3 aliphatic heterocycles. The van der Waals surface area contributed by atoms with E-state index in [1.165, 1.54) is 24.0 Å². The molecule has 25 heavy (non-hydrogen) atoms. The Morgan fingerprint density at radius 3 is 2.80 bits per heavy atom. The summed E-state index contributed by atoms with van der Waals surface area (Å²) in [4.78, 5) is 19.5. The van der Waals surface area contributed by atoms with Gasteiger partial charge in [0.25, 0.3) is 0 Å². The van der Waals surface area contributed by atoms with Crippen LogP contribution in [0.15, 0.2) is 24.3 Å². The van der Waals surface area contributed by atoms with E-state index in [0.29, 0.717) is 12.1 Å². The summed E-state index contributed by atoms with van der Waals surface area (Å²) in [5.41, 5.74) is 2.91. The number of carbonyl (C=O) groups excluding carboxylic acids is 1. The van der Waals surface area contributed by atoms with Gasteiger partial charge in [-0.1, -0.05) is 24.3 Å². The molecule has 3 aliphatic rings. The van der Waals surface area contributed by atoms with Crippen LogP contribution in [0.4, 0.5) is 4.79 Å². The summed E-state index contributed by atoms with van der Waals surface area (Å²) in [6.45, 7) is 5.54. The quantitative estimate of drug-likeness (QED) is 0.912. The summed E-state index contributed by atoms with van der Waals surface area (Å²) in [5.74, 6) is 0. The van der Waals surface area contributed by atoms with Crippen molar-refractivity contribution in [2.45, 2.75) is 44.3 Å². The number of urea groups is 1. The SMILES string of the molecule is CN1C2CCC1CN(C(=O)NCCN1CCc3ccccc3C1)CC2. The van der Waals surface area contributed by atoms with Crippen molar-refractivity contribution in [2.24, 2.45) is 0 Å². The van der Waals surface area contributed by atoms with E-state index in [9.17, 15) is 4.79 Å². The van der Waals surface area contributed by atoms with Crippen LogP contribution in [0.3, 0.4) is 0 Å². The van der Waals surface area contributed by atoms with Gasteiger partial charge >= 0.3 is 6.03 Å². The first-order chi connectivity index (χ1) is 12.2. The first-order valence-electron chi connectivity index (χ1n) is 9.74. The number of nitrogens with one attached hydrogen (secondary N) is 1. The Balaban J connectivity index is 1.23. The number of likely N-dealkylation sites (tertiary alicyclic amines) is 1. The van der Waals surface area contributed by atoms with Crippen LogP contribution in [0.25, 0.3) is 0 Å². The van der Waals surface area contributed by atoms with Gasteiger partial charge in [0.2, 0.25) is 0 Å². The van der Waals surface area contributed by atoms with E-state index in [2.05, 4.69) is 46.4 Å². The monoisotopic (exact) mass is 342 g/mol. The molecule has 2 unspecified atom stereocenters. The Hall–Kier alpha value is -1.59. The standard InChI is InChI=1S/C20H30N4O/c1-22-18-6-7-19(22)15-24(12-9-18)20(25)21-10-13-23-11-8-16-4-2-3-5-17(16)14-23/h2-5,18-19H,6-15H2,1H3,(H,21,25). The molecular weight excluding hydrogens is 312 g/mol. The van der Waals surface area contributed by atoms with E-state index in [0.717, 1.165) is 52.1 Å². The molecule has 0 radical (unpaired) electrons. The number of nitrogens with zero attached hydrogens (tertiary/aromatic N) is 3. The predicted molar refractivity (Wildman–Crippen MR) is 99.6 cm³/mol. The fourth-order valence-electron chi connectivity index (χ4n) is 4.67. The molecule has 2 fully saturated rings. The minimum absolute atomic E-state index is 0.123. The predicted octanol–water partition coefficient (Wildman–Crippen LogP) is 1.92. The number of fused-ring (bicyclic) bond motifs is 3. The molecule has 1 aromatic carbocycles. The highest BCUT2D eigenvalue weighted by atomic mass is 16.2. The minimum Gasteiger partial charge on any atom is -0.337 e. The molecule has 2 amide bonds. The largest absolute Gasteiger partial charge is 0.337 e. The van der Waals surface area contributed by atoms with Gasteiger partial charge in [-0.15, -0.1) is 0 Å². The molecule has 3 heterocycles. The second kappa shape index (κ2) is 7.34. The van der Waals surface area contributed by atoms with Crippen LogP contribution < -0.4 is 5.32 Å². The van der Waals surface area contributed by atoms with Crippen LogP contribution in [-0.4, -0.2) is 72.6 Å². The van der Waals surface area contributed by atoms with Crippen molar-refractivity contribution in [3.05, 3.63) is 35.4 Å². The summed E-state index contributed by atoms with van der Waals surface area (Å²) >= 11 is 0. The highest BCUT2D eigenvalue weighted by Gasteiger charge is 2.35. The number of rotatable bonds is 3. The third kappa shape index (κ3) is 3.67. The van der Waals surface area contributed by atoms with E-state index in [4.69, 9.17) is 0 Å². The first-order valence-corrected chi connectivity index (χ1v) is 9.74. The number of hydrogen-bond donors (Lipinski definition) is 1. The topological polar surface area (TPSA) is 38.8 Å². The Kier molecular flexibility index (Phi) is 4.95. The Morgan fingerprint density at radius 1 is 1.12 bits per heavy atom. The highest BCUT2D eigenvalue weighted by molar-refractivity contribution is 5.74. The van der Waals surface area contributed by atoms with Crippen LogP contribution in [0.1, 0.15) is 30.4 Å². The lowest BCUT2D eigenvalue weighted by Crippen LogP contribution is -2.46. The molecule has 5 nitrogen and oxygen atoms in total. The van der Waals surface area contributed by atoms with Crippen molar-refractivity contribution in [1.29, 1.82) is 0 Å². The van der Waals surface area contributed by atoms with Crippen molar-refractivity contribution in [3.8, 4) is 0 Å². The summed E-state index contributed by atoms with van der Waals surface area (Å²) < 4.78 is 0. The fraction of sp³-hybridized carbons (Fsp3) is 0.650. The maximum Gasteiger partial charge on any atom is 0.317 e. The van der Waals surface area contributed by atoms with Gasteiger partial charge in [-0.05, 0) is 43.9 Å². The third-order valence-electron chi connectivity index (χ3n) is 6.35. The number of hydrogen-bond acceptors (Lipinski definition) is 3. The van der Waals surface area contributed by atoms with E-state index < -0.39 is 0 Å². The molecule has 0 aliphatic carbocycles. The lowest BCUT2D eigenvalue weighted by molar-refractivity contribution is 0.184. The zero-order chi connectivity index (χ0) is 17.2. The third-order valence-corrected chi connectivity index (χ3v) is 6.35. The van der Waals surface area contributed by atoms with E-state index >= 15 is 0 Å². The molecule has 2 bridgehead atoms. The number of benzene rings is 1. The summed E-state index contributed by atoms with van der Waals surface area (Å²) in [7, 11) is 2.22. The zero-order valence-corrected chi connectivity index (χ0v) is 15.3. The Bertz CT molecular complexity index is 619. The number of likely N-dealkylation sites (N-methyl/N-ethyl adjacent to an activating group) is 1. The average molecular weight is 342 g/mol. The summed E-state index contributed by atoms with van der Waals surface area (Å²) in [6, 6.07) is 10.1. The number of carbonyl (C=O) groups is 1. The zero-order valence-electron chi connectivity index (χ0n) is 15.3. The summed E-state index contributed by atoms with van der Waals surface area (Å²) in [6.07, 6.45) is 4.76. The molecule has 0 aromatic heterocycles. The molecule has 136 valence electrons. The average Bonchev–Trinajstić information content (AvgIpc) is 2.87. The van der Waals surface area contributed by atoms with Crippen LogP contribution in [0.5, 0.6) is 0 Å². The molecule has 2 saturated heterocycles. The van der Waals surface area contributed by atoms with E-state index in [-0.39, 0.29) is 6.03 Å². The molecular formula is C20H30N4O. The van der Waals surface area contributed by atoms with Crippen LogP contribution >= 0.6 is 0 Å². The molecule has 5 heteroatoms. The second-order valence-corrected chi connectivity index (χ2v) is 7.81. The van der Waals surface area contributed by atoms with Crippen molar-refractivity contribution in [3.63, 3.8) is 0 Å². The minimum atomic E-state index is 0.123. The molecule has 1 aromatic rings. The van der Waals surface area contributed by atoms with E-state index in [1.54, 1.807) is 0 Å². The molecule has 0 spiro atoms. The van der Waals surface area contributed by atoms with Crippen LogP contribution in [-0.2, 0) is 13.0 Å².